The largest absolute Gasteiger partial charge is 0.456 e. The molecule has 0 spiro atoms. The summed E-state index contributed by atoms with van der Waals surface area (Å²) < 4.78 is 7.47. The molecule has 26 heavy (non-hydrogen) atoms. The summed E-state index contributed by atoms with van der Waals surface area (Å²) in [7, 11) is 1.39. The molecule has 0 radical (unpaired) electrons. The van der Waals surface area contributed by atoms with E-state index in [0.29, 0.717) is 11.3 Å². The van der Waals surface area contributed by atoms with Crippen molar-refractivity contribution in [1.82, 2.24) is 9.55 Å². The van der Waals surface area contributed by atoms with E-state index in [1.54, 1.807) is 35.2 Å². The Balaban J connectivity index is 1.53. The quantitative estimate of drug-likeness (QED) is 0.482. The number of nitroso groups, excluding NO2 is 1. The molecule has 0 fully saturated rings. The second kappa shape index (κ2) is 7.69. The highest BCUT2D eigenvalue weighted by Crippen LogP contribution is 2.14. The fraction of sp³-hybridized carbons (Fsp3) is 0.211. The smallest absolute Gasteiger partial charge is 0.326 e. The first-order valence-electron chi connectivity index (χ1n) is 8.10. The third-order valence-electron chi connectivity index (χ3n) is 3.90. The van der Waals surface area contributed by atoms with E-state index < -0.39 is 5.97 Å². The van der Waals surface area contributed by atoms with E-state index in [1.807, 2.05) is 24.3 Å². The van der Waals surface area contributed by atoms with E-state index in [1.165, 1.54) is 7.05 Å². The van der Waals surface area contributed by atoms with Gasteiger partial charge in [0.05, 0.1) is 17.4 Å². The van der Waals surface area contributed by atoms with Crippen molar-refractivity contribution in [2.45, 2.75) is 13.0 Å². The predicted octanol–water partition coefficient (Wildman–Crippen LogP) is 2.43. The van der Waals surface area contributed by atoms with E-state index in [0.717, 1.165) is 15.8 Å². The van der Waals surface area contributed by atoms with E-state index in [-0.39, 0.29) is 25.4 Å². The summed E-state index contributed by atoms with van der Waals surface area (Å²) in [6.07, 6.45) is 1.67. The van der Waals surface area contributed by atoms with Crippen LogP contribution in [0.3, 0.4) is 0 Å². The number of Topliss-reactive ketones (excluding diaryl/α,β-unsaturated/α-hetero) is 1. The van der Waals surface area contributed by atoms with Gasteiger partial charge in [0.25, 0.3) is 5.69 Å². The van der Waals surface area contributed by atoms with Crippen molar-refractivity contribution in [2.24, 2.45) is 0 Å². The van der Waals surface area contributed by atoms with Crippen molar-refractivity contribution in [3.63, 3.8) is 0 Å². The van der Waals surface area contributed by atoms with Crippen molar-refractivity contribution in [3.05, 3.63) is 65.3 Å². The Morgan fingerprint density at radius 1 is 1.15 bits per heavy atom. The third-order valence-corrected chi connectivity index (χ3v) is 3.90. The van der Waals surface area contributed by atoms with Crippen molar-refractivity contribution >= 4 is 28.5 Å². The number of ether oxygens (including phenoxy) is 1. The summed E-state index contributed by atoms with van der Waals surface area (Å²) in [6.45, 7) is -0.312. The van der Waals surface area contributed by atoms with Crippen LogP contribution in [-0.4, -0.2) is 39.7 Å². The van der Waals surface area contributed by atoms with Gasteiger partial charge in [0.15, 0.2) is 12.8 Å². The fourth-order valence-corrected chi connectivity index (χ4v) is 2.62. The predicted molar refractivity (Wildman–Crippen MR) is 95.1 cm³/mol. The van der Waals surface area contributed by atoms with Gasteiger partial charge < -0.3 is 9.30 Å². The molecule has 1 heterocycles. The number of benzene rings is 2. The van der Waals surface area contributed by atoms with Crippen LogP contribution < -0.4 is 0 Å². The van der Waals surface area contributed by atoms with Crippen molar-refractivity contribution in [2.75, 3.05) is 13.7 Å². The molecular weight excluding hydrogens is 334 g/mol. The van der Waals surface area contributed by atoms with E-state index in [9.17, 15) is 14.5 Å². The van der Waals surface area contributed by atoms with E-state index >= 15 is 0 Å². The maximum atomic E-state index is 12.0. The summed E-state index contributed by atoms with van der Waals surface area (Å²) in [4.78, 5) is 39.5. The van der Waals surface area contributed by atoms with Gasteiger partial charge in [-0.1, -0.05) is 24.3 Å². The molecule has 1 aromatic heterocycles. The number of carbonyl (C=O) groups is 2. The Kier molecular flexibility index (Phi) is 5.17. The minimum Gasteiger partial charge on any atom is -0.456 e. The van der Waals surface area contributed by atoms with Crippen molar-refractivity contribution in [3.8, 4) is 0 Å². The maximum absolute atomic E-state index is 12.0. The summed E-state index contributed by atoms with van der Waals surface area (Å²) in [6, 6.07) is 14.2. The van der Waals surface area contributed by atoms with Crippen LogP contribution in [0.1, 0.15) is 5.56 Å². The molecule has 0 aliphatic heterocycles. The average molecular weight is 352 g/mol. The molecule has 0 saturated heterocycles. The zero-order chi connectivity index (χ0) is 18.5. The van der Waals surface area contributed by atoms with Crippen LogP contribution in [0.25, 0.3) is 11.0 Å². The SMILES string of the molecule is C[N+](=O)c1cccc(CC(=O)COC(=O)Cn2cnc3ccccc32)c1. The van der Waals surface area contributed by atoms with Crippen molar-refractivity contribution in [1.29, 1.82) is 0 Å². The molecule has 0 atom stereocenters. The van der Waals surface area contributed by atoms with Crippen LogP contribution in [0.15, 0.2) is 54.9 Å². The molecule has 7 nitrogen and oxygen atoms in total. The summed E-state index contributed by atoms with van der Waals surface area (Å²) in [5.74, 6) is -0.742. The molecule has 2 aromatic carbocycles. The molecule has 132 valence electrons. The lowest BCUT2D eigenvalue weighted by Gasteiger charge is -2.06. The highest BCUT2D eigenvalue weighted by molar-refractivity contribution is 5.84. The first-order chi connectivity index (χ1) is 12.5. The standard InChI is InChI=1S/C19H18N3O4/c1-21(25)15-6-4-5-14(9-15)10-16(23)12-26-19(24)11-22-13-20-17-7-2-3-8-18(17)22/h2-9,13H,10-12H2,1H3/q+1. The van der Waals surface area contributed by atoms with Crippen LogP contribution >= 0.6 is 0 Å². The Morgan fingerprint density at radius 3 is 2.77 bits per heavy atom. The van der Waals surface area contributed by atoms with Crippen LogP contribution in [-0.2, 0) is 27.3 Å². The minimum atomic E-state index is -0.505. The third kappa shape index (κ3) is 4.18. The Morgan fingerprint density at radius 2 is 1.96 bits per heavy atom. The lowest BCUT2D eigenvalue weighted by atomic mass is 10.1. The van der Waals surface area contributed by atoms with Crippen LogP contribution in [0.2, 0.25) is 0 Å². The molecular formula is C19H18N3O4+. The molecule has 0 bridgehead atoms. The number of esters is 1. The van der Waals surface area contributed by atoms with Crippen LogP contribution in [0.5, 0.6) is 0 Å². The maximum Gasteiger partial charge on any atom is 0.326 e. The van der Waals surface area contributed by atoms with E-state index in [2.05, 4.69) is 4.98 Å². The summed E-state index contributed by atoms with van der Waals surface area (Å²) >= 11 is 0. The Labute approximate surface area is 149 Å². The highest BCUT2D eigenvalue weighted by atomic mass is 16.5. The van der Waals surface area contributed by atoms with Gasteiger partial charge in [0, 0.05) is 28.2 Å². The molecule has 7 heteroatoms. The molecule has 0 amide bonds. The number of rotatable bonds is 7. The monoisotopic (exact) mass is 352 g/mol. The molecule has 0 saturated carbocycles. The van der Waals surface area contributed by atoms with Gasteiger partial charge in [-0.25, -0.2) is 4.98 Å². The molecule has 3 rings (SSSR count). The number of fused-ring (bicyclic) bond motifs is 1. The number of aromatic nitrogens is 2. The van der Waals surface area contributed by atoms with E-state index in [4.69, 9.17) is 4.74 Å². The highest BCUT2D eigenvalue weighted by Gasteiger charge is 2.13. The average Bonchev–Trinajstić information content (AvgIpc) is 3.03. The zero-order valence-electron chi connectivity index (χ0n) is 14.3. The summed E-state index contributed by atoms with van der Waals surface area (Å²) in [5, 5.41) is 0. The number of imidazole rings is 1. The second-order valence-electron chi connectivity index (χ2n) is 5.90. The Bertz CT molecular complexity index is 978. The topological polar surface area (TPSA) is 81.3 Å². The Hall–Kier alpha value is -3.35. The lowest BCUT2D eigenvalue weighted by molar-refractivity contribution is -0.428. The zero-order valence-corrected chi connectivity index (χ0v) is 14.3. The second-order valence-corrected chi connectivity index (χ2v) is 5.90. The number of hydrogen-bond donors (Lipinski definition) is 0. The van der Waals surface area contributed by atoms with Crippen molar-refractivity contribution < 1.29 is 19.1 Å². The van der Waals surface area contributed by atoms with Gasteiger partial charge in [-0.05, 0) is 17.7 Å². The number of ketones is 1. The molecule has 0 aliphatic carbocycles. The number of hydrogen-bond acceptors (Lipinski definition) is 5. The summed E-state index contributed by atoms with van der Waals surface area (Å²) in [5.41, 5.74) is 2.79. The van der Waals surface area contributed by atoms with Crippen LogP contribution in [0, 0.1) is 4.91 Å². The number of carbonyl (C=O) groups excluding carboxylic acids is 2. The van der Waals surface area contributed by atoms with Crippen LogP contribution in [0.4, 0.5) is 5.69 Å². The fourth-order valence-electron chi connectivity index (χ4n) is 2.62. The van der Waals surface area contributed by atoms with Gasteiger partial charge >= 0.3 is 5.97 Å². The van der Waals surface area contributed by atoms with Gasteiger partial charge in [0.1, 0.15) is 13.2 Å². The molecule has 3 aromatic rings. The first kappa shape index (κ1) is 17.5. The lowest BCUT2D eigenvalue weighted by Crippen LogP contribution is -2.19. The molecule has 0 N–H and O–H groups in total. The van der Waals surface area contributed by atoms with Gasteiger partial charge in [-0.15, -0.1) is 0 Å². The normalized spacial score (nSPS) is 10.7. The molecule has 0 unspecified atom stereocenters. The number of nitrogens with zero attached hydrogens (tertiary/aromatic N) is 3. The molecule has 0 aliphatic rings. The first-order valence-corrected chi connectivity index (χ1v) is 8.10. The number of para-hydroxylation sites is 2. The van der Waals surface area contributed by atoms with Gasteiger partial charge in [0.2, 0.25) is 0 Å². The van der Waals surface area contributed by atoms with Gasteiger partial charge in [-0.3, -0.25) is 9.59 Å². The minimum absolute atomic E-state index is 0.00967. The van der Waals surface area contributed by atoms with Gasteiger partial charge in [-0.2, -0.15) is 0 Å².